The van der Waals surface area contributed by atoms with Gasteiger partial charge in [0.15, 0.2) is 0 Å². The monoisotopic (exact) mass is 503 g/mol. The summed E-state index contributed by atoms with van der Waals surface area (Å²) < 4.78 is 20.3. The Labute approximate surface area is 213 Å². The largest absolute Gasteiger partial charge is 0.381 e. The smallest absolute Gasteiger partial charge is 0.277 e. The Kier molecular flexibility index (Phi) is 6.38. The number of carbonyl (C=O) groups is 1. The Morgan fingerprint density at radius 3 is 2.57 bits per heavy atom. The molecule has 6 rings (SSSR count). The number of para-hydroxylation sites is 2. The van der Waals surface area contributed by atoms with E-state index in [9.17, 15) is 14.0 Å². The van der Waals surface area contributed by atoms with Crippen molar-refractivity contribution in [3.05, 3.63) is 81.5 Å². The van der Waals surface area contributed by atoms with Gasteiger partial charge in [0, 0.05) is 36.9 Å². The Morgan fingerprint density at radius 1 is 1.05 bits per heavy atom. The summed E-state index contributed by atoms with van der Waals surface area (Å²) in [6, 6.07) is 14.1. The summed E-state index contributed by atoms with van der Waals surface area (Å²) in [5.41, 5.74) is 4.12. The van der Waals surface area contributed by atoms with Crippen molar-refractivity contribution in [1.82, 2.24) is 24.6 Å². The lowest BCUT2D eigenvalue weighted by atomic mass is 9.89. The maximum atomic E-state index is 13.7. The Morgan fingerprint density at radius 2 is 1.84 bits per heavy atom. The van der Waals surface area contributed by atoms with Crippen molar-refractivity contribution in [2.45, 2.75) is 38.0 Å². The van der Waals surface area contributed by atoms with Crippen LogP contribution >= 0.6 is 0 Å². The molecule has 2 aliphatic rings. The minimum absolute atomic E-state index is 0.0307. The zero-order chi connectivity index (χ0) is 25.4. The van der Waals surface area contributed by atoms with Crippen LogP contribution in [0.1, 0.15) is 42.0 Å². The average molecular weight is 504 g/mol. The molecule has 2 N–H and O–H groups in total. The average Bonchev–Trinajstić information content (AvgIpc) is 3.67. The van der Waals surface area contributed by atoms with E-state index in [0.29, 0.717) is 45.1 Å². The number of aryl methyl sites for hydroxylation is 1. The number of likely N-dealkylation sites (tertiary alicyclic amines) is 1. The number of H-pyrrole nitrogens is 2. The first-order chi connectivity index (χ1) is 18.1. The molecule has 2 aromatic heterocycles. The molecule has 2 aromatic carbocycles. The number of piperidine rings is 1. The van der Waals surface area contributed by atoms with Gasteiger partial charge >= 0.3 is 0 Å². The first kappa shape index (κ1) is 23.7. The van der Waals surface area contributed by atoms with Gasteiger partial charge in [-0.15, -0.1) is 0 Å². The first-order valence-electron chi connectivity index (χ1n) is 13.0. The van der Waals surface area contributed by atoms with Crippen LogP contribution in [0.5, 0.6) is 0 Å². The molecular weight excluding hydrogens is 473 g/mol. The lowest BCUT2D eigenvalue weighted by molar-refractivity contribution is -0.136. The van der Waals surface area contributed by atoms with E-state index in [1.54, 1.807) is 12.1 Å². The van der Waals surface area contributed by atoms with Crippen LogP contribution in [0.15, 0.2) is 53.3 Å². The van der Waals surface area contributed by atoms with Crippen molar-refractivity contribution in [1.29, 1.82) is 0 Å². The van der Waals surface area contributed by atoms with Crippen LogP contribution in [-0.2, 0) is 22.4 Å². The van der Waals surface area contributed by atoms with Gasteiger partial charge in [-0.3, -0.25) is 14.7 Å². The van der Waals surface area contributed by atoms with Crippen LogP contribution in [0.25, 0.3) is 17.0 Å². The summed E-state index contributed by atoms with van der Waals surface area (Å²) >= 11 is 0. The number of imidazole rings is 1. The minimum Gasteiger partial charge on any atom is -0.381 e. The highest BCUT2D eigenvalue weighted by Gasteiger charge is 2.33. The maximum Gasteiger partial charge on any atom is 0.277 e. The predicted octanol–water partition coefficient (Wildman–Crippen LogP) is 3.71. The molecule has 1 atom stereocenters. The van der Waals surface area contributed by atoms with E-state index < -0.39 is 0 Å². The Bertz CT molecular complexity index is 1420. The second kappa shape index (κ2) is 9.97. The molecule has 4 aromatic rings. The van der Waals surface area contributed by atoms with E-state index in [1.165, 1.54) is 16.8 Å². The van der Waals surface area contributed by atoms with E-state index in [4.69, 9.17) is 4.74 Å². The molecule has 0 aliphatic carbocycles. The number of hydrogen-bond donors (Lipinski definition) is 2. The van der Waals surface area contributed by atoms with Crippen LogP contribution in [0, 0.1) is 11.7 Å². The van der Waals surface area contributed by atoms with Gasteiger partial charge in [0.1, 0.15) is 5.82 Å². The topological polar surface area (TPSA) is 96.0 Å². The van der Waals surface area contributed by atoms with Crippen molar-refractivity contribution < 1.29 is 13.9 Å². The quantitative estimate of drug-likeness (QED) is 0.419. The number of rotatable bonds is 6. The highest BCUT2D eigenvalue weighted by atomic mass is 19.1. The summed E-state index contributed by atoms with van der Waals surface area (Å²) in [7, 11) is 0. The third-order valence-corrected chi connectivity index (χ3v) is 7.68. The van der Waals surface area contributed by atoms with Gasteiger partial charge in [-0.25, -0.2) is 9.37 Å². The number of nitrogens with one attached hydrogen (secondary N) is 2. The molecule has 1 amide bonds. The van der Waals surface area contributed by atoms with Crippen LogP contribution in [0.4, 0.5) is 4.39 Å². The van der Waals surface area contributed by atoms with Crippen molar-refractivity contribution in [2.24, 2.45) is 5.92 Å². The van der Waals surface area contributed by atoms with Gasteiger partial charge in [0.25, 0.3) is 5.56 Å². The third-order valence-electron chi connectivity index (χ3n) is 7.68. The molecule has 4 heterocycles. The molecule has 0 spiro atoms. The highest BCUT2D eigenvalue weighted by molar-refractivity contribution is 5.79. The van der Waals surface area contributed by atoms with Gasteiger partial charge in [0.05, 0.1) is 23.6 Å². The summed E-state index contributed by atoms with van der Waals surface area (Å²) in [4.78, 5) is 36.3. The van der Waals surface area contributed by atoms with Gasteiger partial charge in [0.2, 0.25) is 11.9 Å². The number of amides is 1. The van der Waals surface area contributed by atoms with E-state index >= 15 is 0 Å². The van der Waals surface area contributed by atoms with E-state index in [2.05, 4.69) is 15.1 Å². The molecule has 0 saturated carbocycles. The fourth-order valence-corrected chi connectivity index (χ4v) is 5.56. The number of ether oxygens (including phenoxy) is 1. The fraction of sp³-hybridized carbons (Fsp3) is 0.393. The summed E-state index contributed by atoms with van der Waals surface area (Å²) in [6.45, 7) is 2.49. The Balaban J connectivity index is 1.28. The second-order valence-electron chi connectivity index (χ2n) is 10.0. The van der Waals surface area contributed by atoms with Crippen LogP contribution < -0.4 is 5.56 Å². The van der Waals surface area contributed by atoms with Crippen molar-refractivity contribution in [3.63, 3.8) is 0 Å². The molecule has 0 bridgehead atoms. The molecule has 8 nitrogen and oxygen atoms in total. The number of fused-ring (bicyclic) bond motifs is 1. The fourth-order valence-electron chi connectivity index (χ4n) is 5.56. The predicted molar refractivity (Wildman–Crippen MR) is 137 cm³/mol. The molecule has 0 radical (unpaired) electrons. The van der Waals surface area contributed by atoms with Crippen LogP contribution in [0.3, 0.4) is 0 Å². The molecular formula is C28H30FN5O3. The van der Waals surface area contributed by atoms with Crippen molar-refractivity contribution in [2.75, 3.05) is 26.3 Å². The lowest BCUT2D eigenvalue weighted by Crippen LogP contribution is -2.41. The van der Waals surface area contributed by atoms with E-state index in [0.717, 1.165) is 47.1 Å². The van der Waals surface area contributed by atoms with Gasteiger partial charge in [-0.05, 0) is 61.9 Å². The van der Waals surface area contributed by atoms with E-state index in [1.807, 2.05) is 29.2 Å². The zero-order valence-corrected chi connectivity index (χ0v) is 20.6. The number of carbonyl (C=O) groups excluding carboxylic acids is 1. The molecule has 2 saturated heterocycles. The number of aromatic amines is 2. The number of halogens is 1. The highest BCUT2D eigenvalue weighted by Crippen LogP contribution is 2.30. The number of nitrogens with zero attached hydrogens (tertiary/aromatic N) is 3. The van der Waals surface area contributed by atoms with Gasteiger partial charge in [-0.1, -0.05) is 24.3 Å². The number of hydrogen-bond acceptors (Lipinski definition) is 4. The summed E-state index contributed by atoms with van der Waals surface area (Å²) in [6.07, 6.45) is 3.51. The first-order valence-corrected chi connectivity index (χ1v) is 13.0. The summed E-state index contributed by atoms with van der Waals surface area (Å²) in [5.74, 6) is 0.459. The third kappa shape index (κ3) is 4.71. The number of aromatic nitrogens is 4. The van der Waals surface area contributed by atoms with Crippen molar-refractivity contribution in [3.8, 4) is 5.95 Å². The molecule has 192 valence electrons. The van der Waals surface area contributed by atoms with Gasteiger partial charge in [-0.2, -0.15) is 4.68 Å². The van der Waals surface area contributed by atoms with Gasteiger partial charge < -0.3 is 14.6 Å². The lowest BCUT2D eigenvalue weighted by Gasteiger charge is -2.33. The van der Waals surface area contributed by atoms with E-state index in [-0.39, 0.29) is 29.1 Å². The van der Waals surface area contributed by atoms with Crippen molar-refractivity contribution >= 4 is 16.9 Å². The standard InChI is InChI=1S/C28H30FN5O3/c29-21-8-5-18(6-9-21)7-10-22-25(19-11-14-33(15-12-19)26(35)20-13-16-37-17-20)32-34(27(22)36)28-30-23-3-1-2-4-24(23)31-28/h1-6,8-9,19-20,32H,7,10-17H2,(H,30,31). The number of benzene rings is 2. The zero-order valence-electron chi connectivity index (χ0n) is 20.6. The van der Waals surface area contributed by atoms with Crippen LogP contribution in [0.2, 0.25) is 0 Å². The maximum absolute atomic E-state index is 13.7. The molecule has 1 unspecified atom stereocenters. The normalized spacial score (nSPS) is 18.6. The summed E-state index contributed by atoms with van der Waals surface area (Å²) in [5, 5.41) is 3.37. The molecule has 2 aliphatic heterocycles. The minimum atomic E-state index is -0.274. The second-order valence-corrected chi connectivity index (χ2v) is 10.0. The molecule has 37 heavy (non-hydrogen) atoms. The molecule has 2 fully saturated rings. The van der Waals surface area contributed by atoms with Crippen LogP contribution in [-0.4, -0.2) is 56.9 Å². The molecule has 9 heteroatoms. The Hall–Kier alpha value is -3.72. The SMILES string of the molecule is O=C(C1CCOC1)N1CCC(c2[nH]n(-c3nc4ccccc4[nH]3)c(=O)c2CCc2ccc(F)cc2)CC1.